The number of nitrogens with zero attached hydrogens (tertiary/aromatic N) is 5. The smallest absolute Gasteiger partial charge is 0.416 e. The molecule has 17 nitrogen and oxygen atoms in total. The van der Waals surface area contributed by atoms with E-state index >= 15 is 0 Å². The fraction of sp³-hybridized carbons (Fsp3) is 0.211. The van der Waals surface area contributed by atoms with Gasteiger partial charge in [-0.2, -0.15) is 13.2 Å². The number of benzene rings is 2. The van der Waals surface area contributed by atoms with Gasteiger partial charge in [0.1, 0.15) is 11.4 Å². The first kappa shape index (κ1) is 43.4. The minimum Gasteiger partial charge on any atom is -0.473 e. The minimum atomic E-state index is -4.48. The van der Waals surface area contributed by atoms with Gasteiger partial charge in [0, 0.05) is 68.5 Å². The molecule has 5 N–H and O–H groups in total. The second kappa shape index (κ2) is 19.0. The summed E-state index contributed by atoms with van der Waals surface area (Å²) in [7, 11) is 1.87. The number of aliphatic carboxylic acids is 4. The van der Waals surface area contributed by atoms with Crippen LogP contribution in [0.2, 0.25) is 0 Å². The third kappa shape index (κ3) is 11.8. The Morgan fingerprint density at radius 3 is 1.95 bits per heavy atom. The summed E-state index contributed by atoms with van der Waals surface area (Å²) in [5.41, 5.74) is 2.61. The summed E-state index contributed by atoms with van der Waals surface area (Å²) in [5, 5.41) is 33.1. The number of hydrogen-bond acceptors (Lipinski definition) is 10. The number of alkyl halides is 3. The van der Waals surface area contributed by atoms with E-state index in [-0.39, 0.29) is 11.5 Å². The van der Waals surface area contributed by atoms with Crippen molar-refractivity contribution in [2.24, 2.45) is 7.05 Å². The van der Waals surface area contributed by atoms with Crippen LogP contribution in [0.25, 0.3) is 10.9 Å². The first-order valence-corrected chi connectivity index (χ1v) is 16.9. The lowest BCUT2D eigenvalue weighted by atomic mass is 10.1. The van der Waals surface area contributed by atoms with Gasteiger partial charge in [-0.1, -0.05) is 6.07 Å². The van der Waals surface area contributed by atoms with Gasteiger partial charge < -0.3 is 39.9 Å². The second-order valence-electron chi connectivity index (χ2n) is 12.3. The number of piperazine rings is 1. The number of rotatable bonds is 7. The zero-order valence-corrected chi connectivity index (χ0v) is 30.6. The average Bonchev–Trinajstić information content (AvgIpc) is 3.51. The molecule has 0 aliphatic carbocycles. The van der Waals surface area contributed by atoms with Gasteiger partial charge in [0.05, 0.1) is 22.6 Å². The van der Waals surface area contributed by atoms with Crippen LogP contribution in [-0.2, 0) is 38.9 Å². The molecule has 0 bridgehead atoms. The Hall–Kier alpha value is -7.35. The summed E-state index contributed by atoms with van der Waals surface area (Å²) >= 11 is 0. The summed E-state index contributed by atoms with van der Waals surface area (Å²) in [6.07, 6.45) is -2.69. The molecule has 58 heavy (non-hydrogen) atoms. The van der Waals surface area contributed by atoms with Crippen LogP contribution < -0.4 is 10.1 Å². The Balaban J connectivity index is 0.000000542. The van der Waals surface area contributed by atoms with E-state index in [2.05, 4.69) is 20.2 Å². The molecule has 2 amide bonds. The molecule has 1 aliphatic heterocycles. The van der Waals surface area contributed by atoms with Crippen LogP contribution in [0, 0.1) is 6.92 Å². The number of aryl methyl sites for hydroxylation is 2. The van der Waals surface area contributed by atoms with Crippen LogP contribution in [0.1, 0.15) is 37.8 Å². The largest absolute Gasteiger partial charge is 0.473 e. The Bertz CT molecular complexity index is 2260. The minimum absolute atomic E-state index is 0.0233. The lowest BCUT2D eigenvalue weighted by Gasteiger charge is -2.34. The third-order valence-electron chi connectivity index (χ3n) is 8.38. The number of amides is 2. The molecule has 2 aromatic carbocycles. The van der Waals surface area contributed by atoms with Gasteiger partial charge in [0.25, 0.3) is 11.8 Å². The number of nitrogens with one attached hydrogen (secondary N) is 1. The Morgan fingerprint density at radius 1 is 0.793 bits per heavy atom. The molecule has 6 rings (SSSR count). The summed E-state index contributed by atoms with van der Waals surface area (Å²) in [6, 6.07) is 20.5. The van der Waals surface area contributed by atoms with Crippen molar-refractivity contribution in [1.82, 2.24) is 24.3 Å². The fourth-order valence-corrected chi connectivity index (χ4v) is 5.44. The molecule has 0 spiro atoms. The molecule has 3 aromatic heterocycles. The predicted octanol–water partition coefficient (Wildman–Crippen LogP) is 4.61. The predicted molar refractivity (Wildman–Crippen MR) is 197 cm³/mol. The molecule has 20 heteroatoms. The molecule has 1 saturated heterocycles. The van der Waals surface area contributed by atoms with E-state index < -0.39 is 41.5 Å². The maximum absolute atomic E-state index is 13.5. The number of anilines is 1. The highest BCUT2D eigenvalue weighted by atomic mass is 19.4. The molecule has 5 aromatic rings. The normalized spacial score (nSPS) is 12.6. The standard InChI is InChI=1S/C34H31F3N6O3.2C2H2O4/c1-22-28(40-32(44)23-6-8-25(9-7-23)34(35,36)37)11-13-31(39-22)46-27-10-12-29-24(19-27)20-30(41(29)2)33(45)43-17-15-42(16-18-43)21-26-5-3-4-14-38-26;2*3-1(4)2(5)6/h3-14,19-20H,15-18,21H2,1-2H3,(H,40,44);2*(H,3,4)(H,5,6). The SMILES string of the molecule is Cc1nc(Oc2ccc3c(c2)cc(C(=O)N2CCN(Cc4ccccn4)CC2)n3C)ccc1NC(=O)c1ccc(C(F)(F)F)cc1.O=C(O)C(=O)O.O=C(O)C(=O)O. The molecule has 4 heterocycles. The van der Waals surface area contributed by atoms with Crippen LogP contribution in [0.4, 0.5) is 18.9 Å². The molecular weight excluding hydrogens is 773 g/mol. The zero-order valence-electron chi connectivity index (χ0n) is 30.6. The van der Waals surface area contributed by atoms with E-state index in [0.29, 0.717) is 41.8 Å². The number of fused-ring (bicyclic) bond motifs is 1. The molecule has 0 atom stereocenters. The van der Waals surface area contributed by atoms with Gasteiger partial charge in [-0.3, -0.25) is 19.5 Å². The molecule has 0 radical (unpaired) electrons. The number of hydrogen-bond donors (Lipinski definition) is 5. The van der Waals surface area contributed by atoms with Crippen LogP contribution in [0.3, 0.4) is 0 Å². The van der Waals surface area contributed by atoms with Crippen molar-refractivity contribution in [2.45, 2.75) is 19.6 Å². The maximum atomic E-state index is 13.5. The van der Waals surface area contributed by atoms with E-state index in [1.165, 1.54) is 0 Å². The fourth-order valence-electron chi connectivity index (χ4n) is 5.44. The van der Waals surface area contributed by atoms with Gasteiger partial charge in [-0.05, 0) is 73.7 Å². The Labute approximate surface area is 326 Å². The monoisotopic (exact) mass is 808 g/mol. The Morgan fingerprint density at radius 2 is 1.41 bits per heavy atom. The zero-order chi connectivity index (χ0) is 42.7. The number of carboxylic acid groups (broad SMARTS) is 4. The quantitative estimate of drug-likeness (QED) is 0.141. The molecular formula is C38H35F3N6O11. The van der Waals surface area contributed by atoms with Gasteiger partial charge in [-0.25, -0.2) is 24.2 Å². The van der Waals surface area contributed by atoms with Gasteiger partial charge in [0.15, 0.2) is 0 Å². The van der Waals surface area contributed by atoms with Crippen LogP contribution in [0.5, 0.6) is 11.6 Å². The number of halogens is 3. The summed E-state index contributed by atoms with van der Waals surface area (Å²) in [6.45, 7) is 5.25. The van der Waals surface area contributed by atoms with Crippen molar-refractivity contribution in [1.29, 1.82) is 0 Å². The first-order valence-electron chi connectivity index (χ1n) is 16.9. The number of aromatic nitrogens is 3. The molecule has 1 aliphatic rings. The van der Waals surface area contributed by atoms with Crippen LogP contribution in [0.15, 0.2) is 85.1 Å². The van der Waals surface area contributed by atoms with Crippen LogP contribution in [-0.4, -0.2) is 107 Å². The summed E-state index contributed by atoms with van der Waals surface area (Å²) < 4.78 is 46.4. The first-order chi connectivity index (χ1) is 27.3. The topological polar surface area (TPSA) is 242 Å². The summed E-state index contributed by atoms with van der Waals surface area (Å²) in [5.74, 6) is -7.06. The van der Waals surface area contributed by atoms with Crippen molar-refractivity contribution in [3.8, 4) is 11.6 Å². The lowest BCUT2D eigenvalue weighted by Crippen LogP contribution is -2.48. The Kier molecular flexibility index (Phi) is 14.2. The van der Waals surface area contributed by atoms with E-state index in [4.69, 9.17) is 44.3 Å². The average molecular weight is 809 g/mol. The highest BCUT2D eigenvalue weighted by Crippen LogP contribution is 2.30. The van der Waals surface area contributed by atoms with Crippen LogP contribution >= 0.6 is 0 Å². The second-order valence-corrected chi connectivity index (χ2v) is 12.3. The third-order valence-corrected chi connectivity index (χ3v) is 8.38. The van der Waals surface area contributed by atoms with E-state index in [9.17, 15) is 22.8 Å². The highest BCUT2D eigenvalue weighted by molar-refractivity contribution is 6.27. The number of carboxylic acids is 4. The van der Waals surface area contributed by atoms with Crippen molar-refractivity contribution >= 4 is 52.3 Å². The van der Waals surface area contributed by atoms with E-state index in [0.717, 1.165) is 60.5 Å². The van der Waals surface area contributed by atoms with Crippen molar-refractivity contribution in [3.05, 3.63) is 113 Å². The van der Waals surface area contributed by atoms with Crippen molar-refractivity contribution in [3.63, 3.8) is 0 Å². The van der Waals surface area contributed by atoms with E-state index in [1.807, 2.05) is 52.9 Å². The lowest BCUT2D eigenvalue weighted by molar-refractivity contribution is -0.159. The molecule has 0 saturated carbocycles. The van der Waals surface area contributed by atoms with Gasteiger partial charge >= 0.3 is 30.1 Å². The number of carbonyl (C=O) groups is 6. The molecule has 304 valence electrons. The van der Waals surface area contributed by atoms with Crippen molar-refractivity contribution in [2.75, 3.05) is 31.5 Å². The summed E-state index contributed by atoms with van der Waals surface area (Å²) in [4.78, 5) is 75.5. The number of carbonyl (C=O) groups excluding carboxylic acids is 2. The van der Waals surface area contributed by atoms with Gasteiger partial charge in [-0.15, -0.1) is 0 Å². The van der Waals surface area contributed by atoms with Crippen molar-refractivity contribution < 1.29 is 67.1 Å². The maximum Gasteiger partial charge on any atom is 0.416 e. The molecule has 0 unspecified atom stereocenters. The molecule has 1 fully saturated rings. The van der Waals surface area contributed by atoms with E-state index in [1.54, 1.807) is 31.3 Å². The highest BCUT2D eigenvalue weighted by Gasteiger charge is 2.30. The number of ether oxygens (including phenoxy) is 1. The number of pyridine rings is 2. The van der Waals surface area contributed by atoms with Gasteiger partial charge in [0.2, 0.25) is 5.88 Å².